The summed E-state index contributed by atoms with van der Waals surface area (Å²) in [6, 6.07) is 2.62. The molecule has 1 aromatic rings. The van der Waals surface area contributed by atoms with Gasteiger partial charge in [0.25, 0.3) is 0 Å². The fourth-order valence-electron chi connectivity index (χ4n) is 1.41. The summed E-state index contributed by atoms with van der Waals surface area (Å²) in [4.78, 5) is 4.13. The third-order valence-electron chi connectivity index (χ3n) is 2.51. The van der Waals surface area contributed by atoms with Crippen LogP contribution in [0.25, 0.3) is 0 Å². The molecule has 1 saturated heterocycles. The Kier molecular flexibility index (Phi) is 2.75. The summed E-state index contributed by atoms with van der Waals surface area (Å²) in [6.45, 7) is 4.54. The van der Waals surface area contributed by atoms with Gasteiger partial charge in [0.2, 0.25) is 0 Å². The van der Waals surface area contributed by atoms with Crippen molar-refractivity contribution in [2.75, 3.05) is 11.1 Å². The van der Waals surface area contributed by atoms with Crippen LogP contribution in [0.15, 0.2) is 22.9 Å². The lowest BCUT2D eigenvalue weighted by Gasteiger charge is -2.44. The van der Waals surface area contributed by atoms with E-state index in [0.717, 1.165) is 10.2 Å². The second-order valence-electron chi connectivity index (χ2n) is 4.00. The van der Waals surface area contributed by atoms with Crippen LogP contribution in [0.4, 0.5) is 5.69 Å². The number of nitrogens with one attached hydrogen (secondary N) is 1. The first kappa shape index (κ1) is 10.3. The maximum Gasteiger partial charge on any atom is 0.0540 e. The summed E-state index contributed by atoms with van der Waals surface area (Å²) >= 11 is 5.41. The minimum Gasteiger partial charge on any atom is -0.379 e. The minimum atomic E-state index is 0.350. The van der Waals surface area contributed by atoms with Gasteiger partial charge >= 0.3 is 0 Å². The maximum absolute atomic E-state index is 4.13. The van der Waals surface area contributed by atoms with Gasteiger partial charge in [-0.2, -0.15) is 11.8 Å². The van der Waals surface area contributed by atoms with E-state index in [1.807, 2.05) is 18.0 Å². The fraction of sp³-hybridized carbons (Fsp3) is 0.500. The Morgan fingerprint density at radius 1 is 1.57 bits per heavy atom. The number of thioether (sulfide) groups is 1. The zero-order valence-electron chi connectivity index (χ0n) is 8.25. The van der Waals surface area contributed by atoms with Crippen LogP contribution in [0.5, 0.6) is 0 Å². The molecule has 2 nitrogen and oxygen atoms in total. The molecule has 1 atom stereocenters. The first-order chi connectivity index (χ1) is 6.58. The Balaban J connectivity index is 2.05. The predicted molar refractivity (Wildman–Crippen MR) is 65.9 cm³/mol. The Morgan fingerprint density at radius 3 is 2.86 bits per heavy atom. The van der Waals surface area contributed by atoms with E-state index < -0.39 is 0 Å². The Hall–Kier alpha value is -0.220. The molecular formula is C10H13BrN2S. The molecule has 0 aromatic carbocycles. The van der Waals surface area contributed by atoms with E-state index in [-0.39, 0.29) is 0 Å². The van der Waals surface area contributed by atoms with Gasteiger partial charge in [-0.3, -0.25) is 4.98 Å². The average molecular weight is 273 g/mol. The minimum absolute atomic E-state index is 0.350. The van der Waals surface area contributed by atoms with Crippen molar-refractivity contribution in [1.29, 1.82) is 0 Å². The van der Waals surface area contributed by atoms with Crippen molar-refractivity contribution in [1.82, 2.24) is 4.98 Å². The van der Waals surface area contributed by atoms with Crippen LogP contribution >= 0.6 is 27.7 Å². The Labute approximate surface area is 97.0 Å². The van der Waals surface area contributed by atoms with Crippen LogP contribution in [0.3, 0.4) is 0 Å². The number of anilines is 1. The van der Waals surface area contributed by atoms with Crippen molar-refractivity contribution < 1.29 is 0 Å². The summed E-state index contributed by atoms with van der Waals surface area (Å²) in [6.07, 6.45) is 3.66. The summed E-state index contributed by atoms with van der Waals surface area (Å²) in [5, 5.41) is 3.50. The van der Waals surface area contributed by atoms with Crippen molar-refractivity contribution in [3.63, 3.8) is 0 Å². The van der Waals surface area contributed by atoms with Crippen molar-refractivity contribution >= 4 is 33.4 Å². The standard InChI is InChI=1S/C10H13BrN2S/c1-10(2)9(6-14-10)13-8-3-7(11)4-12-5-8/h3-5,9,13H,6H2,1-2H3. The molecule has 2 heterocycles. The van der Waals surface area contributed by atoms with E-state index in [1.165, 1.54) is 5.75 Å². The summed E-state index contributed by atoms with van der Waals surface area (Å²) in [7, 11) is 0. The molecule has 0 bridgehead atoms. The summed E-state index contributed by atoms with van der Waals surface area (Å²) in [5.74, 6) is 1.18. The monoisotopic (exact) mass is 272 g/mol. The lowest BCUT2D eigenvalue weighted by atomic mass is 10.0. The largest absolute Gasteiger partial charge is 0.379 e. The highest BCUT2D eigenvalue weighted by atomic mass is 79.9. The van der Waals surface area contributed by atoms with Crippen LogP contribution < -0.4 is 5.32 Å². The van der Waals surface area contributed by atoms with Crippen LogP contribution in [0.2, 0.25) is 0 Å². The summed E-state index contributed by atoms with van der Waals surface area (Å²) in [5.41, 5.74) is 1.10. The smallest absolute Gasteiger partial charge is 0.0540 e. The lowest BCUT2D eigenvalue weighted by Crippen LogP contribution is -2.50. The number of hydrogen-bond acceptors (Lipinski definition) is 3. The highest BCUT2D eigenvalue weighted by Crippen LogP contribution is 2.41. The molecule has 0 amide bonds. The van der Waals surface area contributed by atoms with Gasteiger partial charge in [0.05, 0.1) is 11.9 Å². The maximum atomic E-state index is 4.13. The third kappa shape index (κ3) is 2.06. The zero-order chi connectivity index (χ0) is 10.2. The molecule has 1 unspecified atom stereocenters. The molecule has 2 rings (SSSR count). The summed E-state index contributed by atoms with van der Waals surface area (Å²) < 4.78 is 1.37. The fourth-order valence-corrected chi connectivity index (χ4v) is 2.91. The van der Waals surface area contributed by atoms with Crippen LogP contribution in [0.1, 0.15) is 13.8 Å². The van der Waals surface area contributed by atoms with Gasteiger partial charge in [0.1, 0.15) is 0 Å². The second-order valence-corrected chi connectivity index (χ2v) is 6.59. The van der Waals surface area contributed by atoms with E-state index in [2.05, 4.69) is 46.1 Å². The van der Waals surface area contributed by atoms with E-state index in [9.17, 15) is 0 Å². The number of pyridine rings is 1. The van der Waals surface area contributed by atoms with Crippen LogP contribution in [-0.2, 0) is 0 Å². The highest BCUT2D eigenvalue weighted by molar-refractivity contribution is 9.10. The molecule has 1 aliphatic rings. The average Bonchev–Trinajstić information content (AvgIpc) is 2.13. The van der Waals surface area contributed by atoms with Gasteiger partial charge in [-0.05, 0) is 35.8 Å². The number of hydrogen-bond donors (Lipinski definition) is 1. The molecule has 0 saturated carbocycles. The van der Waals surface area contributed by atoms with Crippen molar-refractivity contribution in [2.24, 2.45) is 0 Å². The van der Waals surface area contributed by atoms with E-state index in [1.54, 1.807) is 6.20 Å². The molecule has 1 fully saturated rings. The third-order valence-corrected chi connectivity index (χ3v) is 4.47. The van der Waals surface area contributed by atoms with Gasteiger partial charge in [-0.25, -0.2) is 0 Å². The van der Waals surface area contributed by atoms with Gasteiger partial charge in [-0.1, -0.05) is 0 Å². The van der Waals surface area contributed by atoms with Crippen molar-refractivity contribution in [2.45, 2.75) is 24.6 Å². The molecule has 4 heteroatoms. The first-order valence-electron chi connectivity index (χ1n) is 4.59. The molecule has 14 heavy (non-hydrogen) atoms. The predicted octanol–water partition coefficient (Wildman–Crippen LogP) is 3.15. The number of nitrogens with zero attached hydrogens (tertiary/aromatic N) is 1. The molecule has 1 aromatic heterocycles. The van der Waals surface area contributed by atoms with Gasteiger partial charge in [-0.15, -0.1) is 0 Å². The Morgan fingerprint density at radius 2 is 2.36 bits per heavy atom. The van der Waals surface area contributed by atoms with Gasteiger partial charge in [0, 0.05) is 27.2 Å². The number of rotatable bonds is 2. The first-order valence-corrected chi connectivity index (χ1v) is 6.37. The topological polar surface area (TPSA) is 24.9 Å². The van der Waals surface area contributed by atoms with Crippen molar-refractivity contribution in [3.8, 4) is 0 Å². The molecule has 0 aliphatic carbocycles. The molecular weight excluding hydrogens is 260 g/mol. The molecule has 76 valence electrons. The molecule has 0 radical (unpaired) electrons. The molecule has 1 aliphatic heterocycles. The zero-order valence-corrected chi connectivity index (χ0v) is 10.7. The SMILES string of the molecule is CC1(C)SCC1Nc1cncc(Br)c1. The second kappa shape index (κ2) is 3.74. The van der Waals surface area contributed by atoms with Crippen LogP contribution in [-0.4, -0.2) is 21.5 Å². The molecule has 0 spiro atoms. The quantitative estimate of drug-likeness (QED) is 0.896. The lowest BCUT2D eigenvalue weighted by molar-refractivity contribution is 0.576. The van der Waals surface area contributed by atoms with E-state index in [4.69, 9.17) is 0 Å². The van der Waals surface area contributed by atoms with Gasteiger partial charge < -0.3 is 5.32 Å². The number of aromatic nitrogens is 1. The van der Waals surface area contributed by atoms with Crippen molar-refractivity contribution in [3.05, 3.63) is 22.9 Å². The van der Waals surface area contributed by atoms with Crippen LogP contribution in [0, 0.1) is 0 Å². The van der Waals surface area contributed by atoms with Gasteiger partial charge in [0.15, 0.2) is 0 Å². The van der Waals surface area contributed by atoms with E-state index >= 15 is 0 Å². The molecule has 1 N–H and O–H groups in total. The normalized spacial score (nSPS) is 24.1. The Bertz CT molecular complexity index is 341. The van der Waals surface area contributed by atoms with E-state index in [0.29, 0.717) is 10.8 Å². The highest BCUT2D eigenvalue weighted by Gasteiger charge is 2.39. The number of halogens is 1.